The van der Waals surface area contributed by atoms with Crippen LogP contribution in [0.4, 0.5) is 10.2 Å². The molecule has 0 unspecified atom stereocenters. The Morgan fingerprint density at radius 3 is 2.67 bits per heavy atom. The zero-order valence-corrected chi connectivity index (χ0v) is 11.3. The van der Waals surface area contributed by atoms with Crippen LogP contribution in [0.5, 0.6) is 0 Å². The molecule has 0 saturated heterocycles. The van der Waals surface area contributed by atoms with Gasteiger partial charge in [-0.1, -0.05) is 0 Å². The van der Waals surface area contributed by atoms with Gasteiger partial charge in [0.25, 0.3) is 0 Å². The van der Waals surface area contributed by atoms with Crippen LogP contribution < -0.4 is 5.73 Å². The minimum atomic E-state index is -1.55. The maximum atomic E-state index is 13.2. The van der Waals surface area contributed by atoms with Crippen LogP contribution in [0.15, 0.2) is 6.33 Å². The fourth-order valence-corrected chi connectivity index (χ4v) is 1.95. The van der Waals surface area contributed by atoms with E-state index in [0.717, 1.165) is 0 Å². The molecule has 9 nitrogen and oxygen atoms in total. The van der Waals surface area contributed by atoms with Gasteiger partial charge in [0.1, 0.15) is 17.2 Å². The molecule has 5 N–H and O–H groups in total. The molecule has 21 heavy (non-hydrogen) atoms. The lowest BCUT2D eigenvalue weighted by Crippen LogP contribution is -2.52. The van der Waals surface area contributed by atoms with Crippen LogP contribution in [0.1, 0.15) is 0 Å². The lowest BCUT2D eigenvalue weighted by atomic mass is 9.98. The Morgan fingerprint density at radius 2 is 2.10 bits per heavy atom. The van der Waals surface area contributed by atoms with Gasteiger partial charge < -0.3 is 30.4 Å². The largest absolute Gasteiger partial charge is 0.393 e. The standard InChI is InChI=1S/C11H16FN5O4/c1-21-11(3-18,4-19)6(20)2-17-5-14-7-8(13)15-10(12)16-9(7)17/h5-6,18-20H,2-4H2,1H3,(H2,13,15,16)/t6-/m0/s1. The zero-order valence-electron chi connectivity index (χ0n) is 11.3. The number of rotatable bonds is 6. The average molecular weight is 301 g/mol. The summed E-state index contributed by atoms with van der Waals surface area (Å²) >= 11 is 0. The second-order valence-corrected chi connectivity index (χ2v) is 4.55. The number of fused-ring (bicyclic) bond motifs is 1. The third-order valence-corrected chi connectivity index (χ3v) is 3.38. The van der Waals surface area contributed by atoms with Gasteiger partial charge in [0.05, 0.1) is 26.1 Å². The molecule has 2 heterocycles. The number of anilines is 1. The number of nitrogens with two attached hydrogens (primary N) is 1. The lowest BCUT2D eigenvalue weighted by molar-refractivity contribution is -0.155. The van der Waals surface area contributed by atoms with E-state index in [9.17, 15) is 19.7 Å². The number of ether oxygens (including phenoxy) is 1. The summed E-state index contributed by atoms with van der Waals surface area (Å²) in [6, 6.07) is 0. The first kappa shape index (κ1) is 15.5. The maximum Gasteiger partial charge on any atom is 0.312 e. The Morgan fingerprint density at radius 1 is 1.43 bits per heavy atom. The van der Waals surface area contributed by atoms with Gasteiger partial charge in [0.15, 0.2) is 11.5 Å². The Kier molecular flexibility index (Phi) is 4.32. The fourth-order valence-electron chi connectivity index (χ4n) is 1.95. The van der Waals surface area contributed by atoms with Gasteiger partial charge in [-0.25, -0.2) is 4.98 Å². The summed E-state index contributed by atoms with van der Waals surface area (Å²) in [5.74, 6) is -0.118. The first-order valence-corrected chi connectivity index (χ1v) is 6.06. The molecule has 2 rings (SSSR count). The first-order valence-electron chi connectivity index (χ1n) is 6.06. The van der Waals surface area contributed by atoms with Crippen molar-refractivity contribution in [2.24, 2.45) is 0 Å². The summed E-state index contributed by atoms with van der Waals surface area (Å²) in [4.78, 5) is 10.9. The van der Waals surface area contributed by atoms with E-state index in [-0.39, 0.29) is 23.5 Å². The van der Waals surface area contributed by atoms with Crippen LogP contribution in [0.3, 0.4) is 0 Å². The predicted molar refractivity (Wildman–Crippen MR) is 69.6 cm³/mol. The van der Waals surface area contributed by atoms with Crippen molar-refractivity contribution in [1.29, 1.82) is 0 Å². The summed E-state index contributed by atoms with van der Waals surface area (Å²) in [6.07, 6.45) is -0.999. The molecule has 0 saturated carbocycles. The Labute approximate surface area is 118 Å². The number of aliphatic hydroxyl groups excluding tert-OH is 3. The Bertz CT molecular complexity index is 622. The molecule has 0 fully saturated rings. The molecule has 2 aromatic heterocycles. The molecule has 116 valence electrons. The quantitative estimate of drug-likeness (QED) is 0.462. The molecule has 0 aliphatic carbocycles. The molecule has 0 aromatic carbocycles. The number of aromatic nitrogens is 4. The van der Waals surface area contributed by atoms with E-state index >= 15 is 0 Å². The minimum absolute atomic E-state index is 0.0972. The summed E-state index contributed by atoms with van der Waals surface area (Å²) in [5, 5.41) is 28.8. The smallest absolute Gasteiger partial charge is 0.312 e. The highest BCUT2D eigenvalue weighted by Crippen LogP contribution is 2.20. The summed E-state index contributed by atoms with van der Waals surface area (Å²) in [5.41, 5.74) is 4.27. The number of nitrogen functional groups attached to an aromatic ring is 1. The van der Waals surface area contributed by atoms with Crippen molar-refractivity contribution in [3.05, 3.63) is 12.4 Å². The van der Waals surface area contributed by atoms with E-state index in [1.165, 1.54) is 18.0 Å². The number of methoxy groups -OCH3 is 1. The number of imidazole rings is 1. The second kappa shape index (κ2) is 5.85. The lowest BCUT2D eigenvalue weighted by Gasteiger charge is -2.33. The molecule has 10 heteroatoms. The average Bonchev–Trinajstić information content (AvgIpc) is 2.85. The molecule has 0 radical (unpaired) electrons. The van der Waals surface area contributed by atoms with E-state index in [0.29, 0.717) is 0 Å². The van der Waals surface area contributed by atoms with Gasteiger partial charge in [0.2, 0.25) is 0 Å². The third kappa shape index (κ3) is 2.65. The topological polar surface area (TPSA) is 140 Å². The third-order valence-electron chi connectivity index (χ3n) is 3.38. The summed E-state index contributed by atoms with van der Waals surface area (Å²) in [7, 11) is 1.25. The highest BCUT2D eigenvalue weighted by molar-refractivity contribution is 5.81. The first-order chi connectivity index (χ1) is 9.97. The summed E-state index contributed by atoms with van der Waals surface area (Å²) < 4.78 is 19.5. The van der Waals surface area contributed by atoms with Gasteiger partial charge in [-0.05, 0) is 0 Å². The van der Waals surface area contributed by atoms with E-state index in [1.54, 1.807) is 0 Å². The molecular formula is C11H16FN5O4. The van der Waals surface area contributed by atoms with Crippen molar-refractivity contribution in [3.63, 3.8) is 0 Å². The van der Waals surface area contributed by atoms with E-state index in [4.69, 9.17) is 10.5 Å². The molecule has 2 aromatic rings. The van der Waals surface area contributed by atoms with Crippen molar-refractivity contribution in [2.45, 2.75) is 18.2 Å². The SMILES string of the molecule is COC(CO)(CO)[C@@H](O)Cn1cnc2c(N)nc(F)nc21. The zero-order chi connectivity index (χ0) is 15.6. The van der Waals surface area contributed by atoms with Crippen molar-refractivity contribution in [2.75, 3.05) is 26.1 Å². The Balaban J connectivity index is 2.36. The highest BCUT2D eigenvalue weighted by atomic mass is 19.1. The van der Waals surface area contributed by atoms with Crippen LogP contribution in [0.2, 0.25) is 0 Å². The van der Waals surface area contributed by atoms with E-state index < -0.39 is 31.0 Å². The van der Waals surface area contributed by atoms with Crippen molar-refractivity contribution >= 4 is 17.0 Å². The maximum absolute atomic E-state index is 13.2. The molecule has 0 bridgehead atoms. The highest BCUT2D eigenvalue weighted by Gasteiger charge is 2.37. The second-order valence-electron chi connectivity index (χ2n) is 4.55. The molecule has 0 amide bonds. The van der Waals surface area contributed by atoms with Crippen molar-refractivity contribution < 1.29 is 24.4 Å². The predicted octanol–water partition coefficient (Wildman–Crippen LogP) is -1.72. The van der Waals surface area contributed by atoms with Crippen LogP contribution in [0, 0.1) is 6.08 Å². The minimum Gasteiger partial charge on any atom is -0.393 e. The van der Waals surface area contributed by atoms with Crippen LogP contribution in [-0.2, 0) is 11.3 Å². The molecule has 0 aliphatic heterocycles. The number of halogens is 1. The molecule has 1 atom stereocenters. The summed E-state index contributed by atoms with van der Waals surface area (Å²) in [6.45, 7) is -1.33. The van der Waals surface area contributed by atoms with Gasteiger partial charge in [-0.15, -0.1) is 0 Å². The van der Waals surface area contributed by atoms with Gasteiger partial charge >= 0.3 is 6.08 Å². The molecule has 0 spiro atoms. The van der Waals surface area contributed by atoms with Crippen molar-refractivity contribution in [3.8, 4) is 0 Å². The monoisotopic (exact) mass is 301 g/mol. The molecule has 0 aliphatic rings. The van der Waals surface area contributed by atoms with E-state index in [2.05, 4.69) is 15.0 Å². The van der Waals surface area contributed by atoms with Crippen LogP contribution in [0.25, 0.3) is 11.2 Å². The van der Waals surface area contributed by atoms with E-state index in [1.807, 2.05) is 0 Å². The number of hydrogen-bond acceptors (Lipinski definition) is 8. The number of aliphatic hydroxyl groups is 3. The molecular weight excluding hydrogens is 285 g/mol. The van der Waals surface area contributed by atoms with Crippen molar-refractivity contribution in [1.82, 2.24) is 19.5 Å². The van der Waals surface area contributed by atoms with Crippen LogP contribution >= 0.6 is 0 Å². The van der Waals surface area contributed by atoms with Gasteiger partial charge in [-0.3, -0.25) is 0 Å². The fraction of sp³-hybridized carbons (Fsp3) is 0.545. The Hall–Kier alpha value is -1.88. The normalized spacial score (nSPS) is 13.8. The number of hydrogen-bond donors (Lipinski definition) is 4. The van der Waals surface area contributed by atoms with Gasteiger partial charge in [-0.2, -0.15) is 14.4 Å². The van der Waals surface area contributed by atoms with Crippen LogP contribution in [-0.4, -0.2) is 66.9 Å². The van der Waals surface area contributed by atoms with Gasteiger partial charge in [0, 0.05) is 7.11 Å². The number of nitrogens with zero attached hydrogens (tertiary/aromatic N) is 4.